The second kappa shape index (κ2) is 6.50. The number of carbonyl (C=O) groups excluding carboxylic acids is 1. The maximum absolute atomic E-state index is 13.8. The number of ether oxygens (including phenoxy) is 1. The van der Waals surface area contributed by atoms with Crippen LogP contribution in [-0.2, 0) is 15.7 Å². The summed E-state index contributed by atoms with van der Waals surface area (Å²) in [7, 11) is 0. The zero-order valence-electron chi connectivity index (χ0n) is 12.7. The van der Waals surface area contributed by atoms with Gasteiger partial charge in [-0.3, -0.25) is 4.79 Å². The molecule has 0 saturated carbocycles. The van der Waals surface area contributed by atoms with Crippen LogP contribution in [-0.4, -0.2) is 66.1 Å². The third-order valence-electron chi connectivity index (χ3n) is 4.09. The van der Waals surface area contributed by atoms with Crippen molar-refractivity contribution >= 4 is 11.7 Å². The molecule has 0 N–H and O–H groups in total. The predicted molar refractivity (Wildman–Crippen MR) is 75.1 cm³/mol. The Morgan fingerprint density at radius 1 is 1.21 bits per heavy atom. The number of hydrogen-bond donors (Lipinski definition) is 0. The normalized spacial score (nSPS) is 25.2. The van der Waals surface area contributed by atoms with E-state index in [0.29, 0.717) is 26.3 Å². The van der Waals surface area contributed by atoms with E-state index >= 15 is 0 Å². The highest BCUT2D eigenvalue weighted by Crippen LogP contribution is 2.30. The van der Waals surface area contributed by atoms with E-state index in [2.05, 4.69) is 10.2 Å². The summed E-state index contributed by atoms with van der Waals surface area (Å²) in [5, 5.41) is 6.68. The highest BCUT2D eigenvalue weighted by Gasteiger charge is 2.41. The summed E-state index contributed by atoms with van der Waals surface area (Å²) in [5.41, 5.74) is -1.13. The van der Waals surface area contributed by atoms with Gasteiger partial charge in [-0.25, -0.2) is 4.39 Å². The molecule has 2 aliphatic heterocycles. The molecule has 10 heteroatoms. The lowest BCUT2D eigenvalue weighted by atomic mass is 10.1. The van der Waals surface area contributed by atoms with Crippen molar-refractivity contribution in [3.63, 3.8) is 0 Å². The summed E-state index contributed by atoms with van der Waals surface area (Å²) < 4.78 is 56.7. The van der Waals surface area contributed by atoms with Gasteiger partial charge in [0.2, 0.25) is 5.91 Å². The van der Waals surface area contributed by atoms with E-state index < -0.39 is 24.1 Å². The maximum Gasteiger partial charge on any atom is 0.435 e. The van der Waals surface area contributed by atoms with Gasteiger partial charge in [-0.1, -0.05) is 0 Å². The number of aromatic nitrogens is 2. The van der Waals surface area contributed by atoms with Gasteiger partial charge in [0.25, 0.3) is 0 Å². The maximum atomic E-state index is 13.8. The smallest absolute Gasteiger partial charge is 0.378 e. The van der Waals surface area contributed by atoms with Gasteiger partial charge in [0, 0.05) is 19.5 Å². The molecule has 2 saturated heterocycles. The van der Waals surface area contributed by atoms with Gasteiger partial charge in [-0.15, -0.1) is 10.2 Å². The minimum atomic E-state index is -4.60. The van der Waals surface area contributed by atoms with E-state index in [9.17, 15) is 22.4 Å². The summed E-state index contributed by atoms with van der Waals surface area (Å²) >= 11 is 0. The molecule has 1 aromatic rings. The van der Waals surface area contributed by atoms with Gasteiger partial charge in [-0.05, 0) is 12.1 Å². The van der Waals surface area contributed by atoms with Crippen molar-refractivity contribution in [2.75, 3.05) is 37.7 Å². The average Bonchev–Trinajstić information content (AvgIpc) is 2.96. The van der Waals surface area contributed by atoms with Gasteiger partial charge in [0.1, 0.15) is 12.2 Å². The first-order valence-electron chi connectivity index (χ1n) is 7.54. The molecule has 1 amide bonds. The summed E-state index contributed by atoms with van der Waals surface area (Å²) in [4.78, 5) is 15.6. The van der Waals surface area contributed by atoms with Crippen molar-refractivity contribution in [1.29, 1.82) is 0 Å². The van der Waals surface area contributed by atoms with Crippen molar-refractivity contribution in [2.24, 2.45) is 0 Å². The zero-order valence-corrected chi connectivity index (χ0v) is 12.7. The fraction of sp³-hybridized carbons (Fsp3) is 0.643. The largest absolute Gasteiger partial charge is 0.435 e. The molecule has 1 aromatic heterocycles. The summed E-state index contributed by atoms with van der Waals surface area (Å²) in [6.07, 6.45) is -5.86. The minimum absolute atomic E-state index is 0.0150. The van der Waals surface area contributed by atoms with Crippen molar-refractivity contribution in [3.8, 4) is 0 Å². The Morgan fingerprint density at radius 3 is 2.50 bits per heavy atom. The number of nitrogens with zero attached hydrogens (tertiary/aromatic N) is 4. The molecule has 6 nitrogen and oxygen atoms in total. The Bertz CT molecular complexity index is 589. The Labute approximate surface area is 135 Å². The molecule has 0 spiro atoms. The Balaban J connectivity index is 1.78. The van der Waals surface area contributed by atoms with Crippen LogP contribution < -0.4 is 4.90 Å². The van der Waals surface area contributed by atoms with Gasteiger partial charge in [-0.2, -0.15) is 13.2 Å². The molecule has 2 fully saturated rings. The second-order valence-corrected chi connectivity index (χ2v) is 5.71. The zero-order chi connectivity index (χ0) is 17.3. The highest BCUT2D eigenvalue weighted by molar-refractivity contribution is 5.86. The molecule has 0 unspecified atom stereocenters. The highest BCUT2D eigenvalue weighted by atomic mass is 19.4. The molecule has 3 heterocycles. The number of alkyl halides is 4. The van der Waals surface area contributed by atoms with Gasteiger partial charge in [0.05, 0.1) is 19.8 Å². The SMILES string of the molecule is O=C([C@@H]1C[C@@H](F)CN1c1ccc(C(F)(F)F)nn1)N1CCOCC1. The first kappa shape index (κ1) is 16.9. The van der Waals surface area contributed by atoms with E-state index in [1.165, 1.54) is 4.90 Å². The number of rotatable bonds is 2. The summed E-state index contributed by atoms with van der Waals surface area (Å²) in [6.45, 7) is 1.56. The lowest BCUT2D eigenvalue weighted by Crippen LogP contribution is -2.50. The van der Waals surface area contributed by atoms with E-state index in [0.717, 1.165) is 12.1 Å². The van der Waals surface area contributed by atoms with Crippen LogP contribution >= 0.6 is 0 Å². The first-order chi connectivity index (χ1) is 11.4. The molecule has 2 aliphatic rings. The van der Waals surface area contributed by atoms with E-state index in [4.69, 9.17) is 4.74 Å². The van der Waals surface area contributed by atoms with Crippen molar-refractivity contribution < 1.29 is 27.1 Å². The molecular weight excluding hydrogens is 332 g/mol. The predicted octanol–water partition coefficient (Wildman–Crippen LogP) is 1.27. The summed E-state index contributed by atoms with van der Waals surface area (Å²) in [5.74, 6) is -0.199. The third kappa shape index (κ3) is 3.42. The molecule has 24 heavy (non-hydrogen) atoms. The van der Waals surface area contributed by atoms with Crippen LogP contribution in [0.25, 0.3) is 0 Å². The molecule has 0 aromatic carbocycles. The number of anilines is 1. The molecule has 0 bridgehead atoms. The Hall–Kier alpha value is -1.97. The van der Waals surface area contributed by atoms with Crippen molar-refractivity contribution in [1.82, 2.24) is 15.1 Å². The summed E-state index contributed by atoms with van der Waals surface area (Å²) in [6, 6.07) is 1.11. The average molecular weight is 348 g/mol. The molecule has 132 valence electrons. The van der Waals surface area contributed by atoms with Crippen molar-refractivity contribution in [3.05, 3.63) is 17.8 Å². The monoisotopic (exact) mass is 348 g/mol. The van der Waals surface area contributed by atoms with Crippen LogP contribution in [0.2, 0.25) is 0 Å². The van der Waals surface area contributed by atoms with Crippen LogP contribution in [0, 0.1) is 0 Å². The quantitative estimate of drug-likeness (QED) is 0.754. The van der Waals surface area contributed by atoms with Gasteiger partial charge >= 0.3 is 6.18 Å². The molecular formula is C14H16F4N4O2. The molecule has 0 radical (unpaired) electrons. The molecule has 3 rings (SSSR count). The van der Waals surface area contributed by atoms with E-state index in [1.807, 2.05) is 0 Å². The molecule has 0 aliphatic carbocycles. The number of halogens is 4. The topological polar surface area (TPSA) is 58.6 Å². The van der Waals surface area contributed by atoms with Crippen LogP contribution in [0.15, 0.2) is 12.1 Å². The fourth-order valence-corrected chi connectivity index (χ4v) is 2.90. The van der Waals surface area contributed by atoms with Crippen molar-refractivity contribution in [2.45, 2.75) is 24.8 Å². The standard InChI is InChI=1S/C14H16F4N4O2/c15-9-7-10(13(23)21-3-5-24-6-4-21)22(8-9)12-2-1-11(19-20-12)14(16,17)18/h1-2,9-10H,3-8H2/t9-,10+/m1/s1. The lowest BCUT2D eigenvalue weighted by Gasteiger charge is -2.32. The van der Waals surface area contributed by atoms with E-state index in [-0.39, 0.29) is 24.7 Å². The van der Waals surface area contributed by atoms with Crippen LogP contribution in [0.3, 0.4) is 0 Å². The lowest BCUT2D eigenvalue weighted by molar-refractivity contribution is -0.141. The van der Waals surface area contributed by atoms with Crippen LogP contribution in [0.4, 0.5) is 23.4 Å². The fourth-order valence-electron chi connectivity index (χ4n) is 2.90. The van der Waals surface area contributed by atoms with Gasteiger partial charge in [0.15, 0.2) is 11.5 Å². The van der Waals surface area contributed by atoms with Gasteiger partial charge < -0.3 is 14.5 Å². The van der Waals surface area contributed by atoms with Crippen LogP contribution in [0.1, 0.15) is 12.1 Å². The first-order valence-corrected chi connectivity index (χ1v) is 7.54. The third-order valence-corrected chi connectivity index (χ3v) is 4.09. The molecule has 2 atom stereocenters. The van der Waals surface area contributed by atoms with Crippen LogP contribution in [0.5, 0.6) is 0 Å². The van der Waals surface area contributed by atoms with E-state index in [1.54, 1.807) is 4.90 Å². The number of morpholine rings is 1. The number of carbonyl (C=O) groups is 1. The second-order valence-electron chi connectivity index (χ2n) is 5.71. The Morgan fingerprint density at radius 2 is 1.92 bits per heavy atom. The Kier molecular flexibility index (Phi) is 4.57. The number of amides is 1. The number of hydrogen-bond acceptors (Lipinski definition) is 5. The minimum Gasteiger partial charge on any atom is -0.378 e.